The number of pyridine rings is 1. The molecule has 1 atom stereocenters. The largest absolute Gasteiger partial charge is 0.310 e. The Bertz CT molecular complexity index is 581. The highest BCUT2D eigenvalue weighted by Gasteiger charge is 2.13. The van der Waals surface area contributed by atoms with Crippen molar-refractivity contribution < 1.29 is 0 Å². The third-order valence-corrected chi connectivity index (χ3v) is 3.94. The molecular weight excluding hydrogens is 312 g/mol. The van der Waals surface area contributed by atoms with E-state index in [9.17, 15) is 0 Å². The third-order valence-electron chi connectivity index (χ3n) is 3.51. The van der Waals surface area contributed by atoms with Gasteiger partial charge < -0.3 is 5.32 Å². The molecule has 0 saturated heterocycles. The molecule has 0 amide bonds. The molecule has 2 nitrogen and oxygen atoms in total. The average Bonchev–Trinajstić information content (AvgIpc) is 2.42. The molecule has 1 heterocycles. The Morgan fingerprint density at radius 3 is 2.70 bits per heavy atom. The Hall–Kier alpha value is -1.19. The molecule has 20 heavy (non-hydrogen) atoms. The van der Waals surface area contributed by atoms with Crippen molar-refractivity contribution in [2.24, 2.45) is 0 Å². The highest BCUT2D eigenvalue weighted by molar-refractivity contribution is 9.10. The lowest BCUT2D eigenvalue weighted by Crippen LogP contribution is -2.23. The number of nitrogens with one attached hydrogen (secondary N) is 1. The Morgan fingerprint density at radius 1 is 1.20 bits per heavy atom. The van der Waals surface area contributed by atoms with Crippen molar-refractivity contribution in [3.63, 3.8) is 0 Å². The first-order chi connectivity index (χ1) is 9.60. The molecule has 0 fully saturated rings. The van der Waals surface area contributed by atoms with Crippen molar-refractivity contribution in [2.45, 2.75) is 33.2 Å². The van der Waals surface area contributed by atoms with E-state index >= 15 is 0 Å². The van der Waals surface area contributed by atoms with Crippen LogP contribution >= 0.6 is 15.9 Å². The lowest BCUT2D eigenvalue weighted by Gasteiger charge is -2.20. The summed E-state index contributed by atoms with van der Waals surface area (Å²) < 4.78 is 1.03. The van der Waals surface area contributed by atoms with Gasteiger partial charge in [-0.1, -0.05) is 30.7 Å². The van der Waals surface area contributed by atoms with Crippen molar-refractivity contribution in [3.8, 4) is 0 Å². The van der Waals surface area contributed by atoms with E-state index in [4.69, 9.17) is 0 Å². The molecule has 106 valence electrons. The summed E-state index contributed by atoms with van der Waals surface area (Å²) in [6, 6.07) is 9.09. The minimum atomic E-state index is 0.297. The molecule has 2 rings (SSSR count). The molecule has 0 saturated carbocycles. The van der Waals surface area contributed by atoms with Gasteiger partial charge in [-0.05, 0) is 65.5 Å². The number of likely N-dealkylation sites (N-methyl/N-ethyl adjacent to an activating group) is 1. The summed E-state index contributed by atoms with van der Waals surface area (Å²) in [5, 5.41) is 3.56. The fourth-order valence-corrected chi connectivity index (χ4v) is 2.80. The van der Waals surface area contributed by atoms with Crippen LogP contribution in [0.25, 0.3) is 0 Å². The van der Waals surface area contributed by atoms with Gasteiger partial charge in [-0.25, -0.2) is 0 Å². The van der Waals surface area contributed by atoms with Gasteiger partial charge in [-0.2, -0.15) is 0 Å². The summed E-state index contributed by atoms with van der Waals surface area (Å²) in [6.07, 6.45) is 4.76. The maximum absolute atomic E-state index is 4.28. The summed E-state index contributed by atoms with van der Waals surface area (Å²) in [6.45, 7) is 7.41. The molecule has 0 aliphatic heterocycles. The molecular formula is C17H21BrN2. The first-order valence-corrected chi connectivity index (χ1v) is 7.79. The minimum absolute atomic E-state index is 0.297. The second-order valence-corrected chi connectivity index (χ2v) is 6.10. The second kappa shape index (κ2) is 7.00. The van der Waals surface area contributed by atoms with Crippen molar-refractivity contribution in [3.05, 3.63) is 63.4 Å². The number of hydrogen-bond donors (Lipinski definition) is 1. The molecule has 0 spiro atoms. The van der Waals surface area contributed by atoms with Crippen molar-refractivity contribution in [2.75, 3.05) is 6.54 Å². The molecule has 0 radical (unpaired) electrons. The quantitative estimate of drug-likeness (QED) is 0.880. The smallest absolute Gasteiger partial charge is 0.0410 e. The van der Waals surface area contributed by atoms with E-state index in [-0.39, 0.29) is 0 Å². The summed E-state index contributed by atoms with van der Waals surface area (Å²) in [5.74, 6) is 0. The van der Waals surface area contributed by atoms with Gasteiger partial charge in [-0.3, -0.25) is 4.98 Å². The maximum Gasteiger partial charge on any atom is 0.0410 e. The summed E-state index contributed by atoms with van der Waals surface area (Å²) in [7, 11) is 0. The predicted octanol–water partition coefficient (Wildman–Crippen LogP) is 4.35. The van der Waals surface area contributed by atoms with Crippen LogP contribution in [0.3, 0.4) is 0 Å². The summed E-state index contributed by atoms with van der Waals surface area (Å²) in [5.41, 5.74) is 5.28. The van der Waals surface area contributed by atoms with Crippen molar-refractivity contribution >= 4 is 15.9 Å². The number of halogens is 1. The van der Waals surface area contributed by atoms with Crippen molar-refractivity contribution in [1.82, 2.24) is 10.3 Å². The zero-order valence-electron chi connectivity index (χ0n) is 12.3. The SMILES string of the molecule is CCNC(Cc1cc(C)ccc1C)c1cncc(Br)c1. The van der Waals surface area contributed by atoms with Gasteiger partial charge in [0.2, 0.25) is 0 Å². The highest BCUT2D eigenvalue weighted by Crippen LogP contribution is 2.23. The fourth-order valence-electron chi connectivity index (χ4n) is 2.41. The molecule has 1 unspecified atom stereocenters. The second-order valence-electron chi connectivity index (χ2n) is 5.18. The van der Waals surface area contributed by atoms with Crippen LogP contribution in [0, 0.1) is 13.8 Å². The van der Waals surface area contributed by atoms with Gasteiger partial charge in [0.1, 0.15) is 0 Å². The van der Waals surface area contributed by atoms with Crippen LogP contribution in [0.4, 0.5) is 0 Å². The molecule has 0 aliphatic rings. The lowest BCUT2D eigenvalue weighted by molar-refractivity contribution is 0.547. The number of rotatable bonds is 5. The third kappa shape index (κ3) is 3.90. The lowest BCUT2D eigenvalue weighted by atomic mass is 9.95. The van der Waals surface area contributed by atoms with Crippen LogP contribution in [0.1, 0.15) is 35.2 Å². The Labute approximate surface area is 129 Å². The Kier molecular flexibility index (Phi) is 5.32. The first-order valence-electron chi connectivity index (χ1n) is 7.00. The Balaban J connectivity index is 2.27. The number of aromatic nitrogens is 1. The van der Waals surface area contributed by atoms with E-state index in [1.165, 1.54) is 22.3 Å². The van der Waals surface area contributed by atoms with Gasteiger partial charge in [0.25, 0.3) is 0 Å². The minimum Gasteiger partial charge on any atom is -0.310 e. The number of hydrogen-bond acceptors (Lipinski definition) is 2. The van der Waals surface area contributed by atoms with Crippen LogP contribution in [0.5, 0.6) is 0 Å². The Morgan fingerprint density at radius 2 is 2.00 bits per heavy atom. The standard InChI is InChI=1S/C17H21BrN2/c1-4-20-17(15-8-16(18)11-19-10-15)9-14-7-12(2)5-6-13(14)3/h5-8,10-11,17,20H,4,9H2,1-3H3. The van der Waals surface area contributed by atoms with E-state index in [2.05, 4.69) is 71.3 Å². The van der Waals surface area contributed by atoms with Gasteiger partial charge in [0.15, 0.2) is 0 Å². The van der Waals surface area contributed by atoms with Crippen LogP contribution < -0.4 is 5.32 Å². The molecule has 0 bridgehead atoms. The molecule has 1 aromatic heterocycles. The van der Waals surface area contributed by atoms with E-state index < -0.39 is 0 Å². The molecule has 2 aromatic rings. The molecule has 1 aromatic carbocycles. The molecule has 0 aliphatic carbocycles. The van der Waals surface area contributed by atoms with E-state index in [1.807, 2.05) is 12.4 Å². The zero-order valence-corrected chi connectivity index (χ0v) is 13.9. The number of nitrogens with zero attached hydrogens (tertiary/aromatic N) is 1. The maximum atomic E-state index is 4.28. The van der Waals surface area contributed by atoms with Crippen molar-refractivity contribution in [1.29, 1.82) is 0 Å². The summed E-state index contributed by atoms with van der Waals surface area (Å²) in [4.78, 5) is 4.28. The van der Waals surface area contributed by atoms with E-state index in [0.29, 0.717) is 6.04 Å². The average molecular weight is 333 g/mol. The number of aryl methyl sites for hydroxylation is 2. The monoisotopic (exact) mass is 332 g/mol. The van der Waals surface area contributed by atoms with Crippen LogP contribution in [-0.2, 0) is 6.42 Å². The van der Waals surface area contributed by atoms with Gasteiger partial charge >= 0.3 is 0 Å². The van der Waals surface area contributed by atoms with Gasteiger partial charge in [0, 0.05) is 22.9 Å². The van der Waals surface area contributed by atoms with Crippen LogP contribution in [0.2, 0.25) is 0 Å². The van der Waals surface area contributed by atoms with Gasteiger partial charge in [-0.15, -0.1) is 0 Å². The van der Waals surface area contributed by atoms with E-state index in [1.54, 1.807) is 0 Å². The fraction of sp³-hybridized carbons (Fsp3) is 0.353. The highest BCUT2D eigenvalue weighted by atomic mass is 79.9. The first kappa shape index (κ1) is 15.2. The number of benzene rings is 1. The summed E-state index contributed by atoms with van der Waals surface area (Å²) >= 11 is 3.50. The predicted molar refractivity (Wildman–Crippen MR) is 88.0 cm³/mol. The zero-order chi connectivity index (χ0) is 14.5. The van der Waals surface area contributed by atoms with Crippen LogP contribution in [0.15, 0.2) is 41.1 Å². The topological polar surface area (TPSA) is 24.9 Å². The van der Waals surface area contributed by atoms with E-state index in [0.717, 1.165) is 17.4 Å². The normalized spacial score (nSPS) is 12.4. The molecule has 1 N–H and O–H groups in total. The van der Waals surface area contributed by atoms with Gasteiger partial charge in [0.05, 0.1) is 0 Å². The van der Waals surface area contributed by atoms with Crippen LogP contribution in [-0.4, -0.2) is 11.5 Å². The molecule has 3 heteroatoms.